The summed E-state index contributed by atoms with van der Waals surface area (Å²) in [7, 11) is 1.88. The van der Waals surface area contributed by atoms with E-state index in [1.165, 1.54) is 0 Å². The van der Waals surface area contributed by atoms with Gasteiger partial charge in [-0.25, -0.2) is 9.50 Å². The monoisotopic (exact) mass is 314 g/mol. The minimum absolute atomic E-state index is 0.148. The molecule has 3 aromatic rings. The lowest BCUT2D eigenvalue weighted by Crippen LogP contribution is -2.43. The lowest BCUT2D eigenvalue weighted by Gasteiger charge is -2.32. The van der Waals surface area contributed by atoms with Crippen LogP contribution in [0.15, 0.2) is 30.9 Å². The van der Waals surface area contributed by atoms with Crippen LogP contribution in [0, 0.1) is 0 Å². The van der Waals surface area contributed by atoms with Crippen molar-refractivity contribution in [3.05, 3.63) is 30.9 Å². The van der Waals surface area contributed by atoms with E-state index in [2.05, 4.69) is 15.2 Å². The van der Waals surface area contributed by atoms with Crippen LogP contribution in [0.5, 0.6) is 5.88 Å². The molecule has 0 bridgehead atoms. The molecule has 0 amide bonds. The fourth-order valence-electron chi connectivity index (χ4n) is 2.54. The van der Waals surface area contributed by atoms with Crippen LogP contribution in [0.3, 0.4) is 0 Å². The zero-order valence-electron chi connectivity index (χ0n) is 13.7. The molecule has 1 aliphatic rings. The number of nitrogens with two attached hydrogens (primary N) is 1. The van der Waals surface area contributed by atoms with Gasteiger partial charge in [0.1, 0.15) is 11.6 Å². The van der Waals surface area contributed by atoms with Gasteiger partial charge in [-0.1, -0.05) is 13.8 Å². The maximum Gasteiger partial charge on any atom is 0.240 e. The van der Waals surface area contributed by atoms with E-state index >= 15 is 0 Å². The molecule has 0 aliphatic heterocycles. The molecule has 1 saturated carbocycles. The van der Waals surface area contributed by atoms with Gasteiger partial charge in [-0.05, 0) is 18.9 Å². The number of hydrogen-bond donors (Lipinski definition) is 1. The molecule has 7 nitrogen and oxygen atoms in total. The summed E-state index contributed by atoms with van der Waals surface area (Å²) >= 11 is 0. The van der Waals surface area contributed by atoms with Crippen molar-refractivity contribution >= 4 is 5.52 Å². The molecule has 4 rings (SSSR count). The van der Waals surface area contributed by atoms with Gasteiger partial charge in [0.2, 0.25) is 5.88 Å². The Hall–Kier alpha value is -2.41. The summed E-state index contributed by atoms with van der Waals surface area (Å²) in [5, 5.41) is 8.46. The molecular weight excluding hydrogens is 292 g/mol. The van der Waals surface area contributed by atoms with Gasteiger partial charge in [-0.15, -0.1) is 0 Å². The third kappa shape index (κ3) is 3.05. The number of fused-ring (bicyclic) bond motifs is 1. The fraction of sp³-hybridized carbons (Fsp3) is 0.438. The normalized spacial score (nSPS) is 19.8. The summed E-state index contributed by atoms with van der Waals surface area (Å²) in [5.74, 6) is 0.603. The summed E-state index contributed by atoms with van der Waals surface area (Å²) in [4.78, 5) is 4.63. The molecule has 0 unspecified atom stereocenters. The molecule has 1 aliphatic carbocycles. The molecule has 0 saturated heterocycles. The quantitative estimate of drug-likeness (QED) is 0.799. The van der Waals surface area contributed by atoms with Gasteiger partial charge in [0.15, 0.2) is 0 Å². The summed E-state index contributed by atoms with van der Waals surface area (Å²) in [6.07, 6.45) is 9.21. The van der Waals surface area contributed by atoms with E-state index in [4.69, 9.17) is 10.5 Å². The van der Waals surface area contributed by atoms with Crippen molar-refractivity contribution in [3.8, 4) is 17.1 Å². The molecule has 7 heteroatoms. The first-order chi connectivity index (χ1) is 11.2. The Morgan fingerprint density at radius 3 is 2.65 bits per heavy atom. The van der Waals surface area contributed by atoms with Gasteiger partial charge >= 0.3 is 0 Å². The van der Waals surface area contributed by atoms with E-state index in [9.17, 15) is 0 Å². The van der Waals surface area contributed by atoms with Crippen molar-refractivity contribution < 1.29 is 4.74 Å². The Labute approximate surface area is 135 Å². The van der Waals surface area contributed by atoms with Crippen LogP contribution < -0.4 is 10.5 Å². The highest BCUT2D eigenvalue weighted by Crippen LogP contribution is 2.28. The van der Waals surface area contributed by atoms with E-state index in [0.29, 0.717) is 5.88 Å². The Morgan fingerprint density at radius 1 is 1.22 bits per heavy atom. The van der Waals surface area contributed by atoms with Crippen LogP contribution in [-0.4, -0.2) is 36.5 Å². The van der Waals surface area contributed by atoms with Gasteiger partial charge in [0.05, 0.1) is 24.3 Å². The molecule has 3 aromatic heterocycles. The van der Waals surface area contributed by atoms with Crippen LogP contribution in [0.1, 0.15) is 26.7 Å². The third-order valence-electron chi connectivity index (χ3n) is 3.77. The Balaban J connectivity index is 0.000000753. The topological polar surface area (TPSA) is 83.3 Å². The van der Waals surface area contributed by atoms with Gasteiger partial charge in [0, 0.05) is 24.8 Å². The van der Waals surface area contributed by atoms with Crippen LogP contribution in [0.25, 0.3) is 16.8 Å². The first-order valence-electron chi connectivity index (χ1n) is 7.95. The molecule has 0 atom stereocenters. The Morgan fingerprint density at radius 2 is 2.00 bits per heavy atom. The van der Waals surface area contributed by atoms with Crippen molar-refractivity contribution in [2.45, 2.75) is 38.8 Å². The zero-order chi connectivity index (χ0) is 16.4. The fourth-order valence-corrected chi connectivity index (χ4v) is 2.54. The summed E-state index contributed by atoms with van der Waals surface area (Å²) in [5.41, 5.74) is 8.40. The van der Waals surface area contributed by atoms with E-state index in [1.54, 1.807) is 21.6 Å². The first kappa shape index (κ1) is 15.5. The number of hydrogen-bond acceptors (Lipinski definition) is 5. The van der Waals surface area contributed by atoms with Crippen molar-refractivity contribution in [2.75, 3.05) is 0 Å². The first-order valence-corrected chi connectivity index (χ1v) is 7.95. The second-order valence-corrected chi connectivity index (χ2v) is 5.47. The highest BCUT2D eigenvalue weighted by molar-refractivity contribution is 5.63. The van der Waals surface area contributed by atoms with E-state index < -0.39 is 0 Å². The Kier molecular flexibility index (Phi) is 4.29. The predicted molar refractivity (Wildman–Crippen MR) is 88.2 cm³/mol. The van der Waals surface area contributed by atoms with Crippen LogP contribution >= 0.6 is 0 Å². The maximum absolute atomic E-state index is 5.98. The highest BCUT2D eigenvalue weighted by atomic mass is 16.5. The molecular formula is C16H22N6O. The lowest BCUT2D eigenvalue weighted by molar-refractivity contribution is 0.0973. The maximum atomic E-state index is 5.98. The smallest absolute Gasteiger partial charge is 0.240 e. The molecule has 122 valence electrons. The van der Waals surface area contributed by atoms with Gasteiger partial charge in [-0.2, -0.15) is 10.2 Å². The number of rotatable bonds is 3. The van der Waals surface area contributed by atoms with Gasteiger partial charge in [0.25, 0.3) is 0 Å². The molecule has 3 heterocycles. The predicted octanol–water partition coefficient (Wildman–Crippen LogP) is 2.02. The third-order valence-corrected chi connectivity index (χ3v) is 3.77. The molecule has 1 fully saturated rings. The van der Waals surface area contributed by atoms with Crippen molar-refractivity contribution in [1.82, 2.24) is 24.4 Å². The molecule has 23 heavy (non-hydrogen) atoms. The summed E-state index contributed by atoms with van der Waals surface area (Å²) < 4.78 is 9.51. The Bertz CT molecular complexity index is 787. The van der Waals surface area contributed by atoms with E-state index in [0.717, 1.165) is 29.6 Å². The van der Waals surface area contributed by atoms with E-state index in [1.807, 2.05) is 39.4 Å². The largest absolute Gasteiger partial charge is 0.473 e. The van der Waals surface area contributed by atoms with E-state index in [-0.39, 0.29) is 12.1 Å². The number of aryl methyl sites for hydroxylation is 1. The number of aromatic nitrogens is 5. The van der Waals surface area contributed by atoms with Crippen LogP contribution in [0.2, 0.25) is 0 Å². The van der Waals surface area contributed by atoms with Crippen molar-refractivity contribution in [3.63, 3.8) is 0 Å². The zero-order valence-corrected chi connectivity index (χ0v) is 13.7. The molecule has 0 aromatic carbocycles. The molecule has 0 radical (unpaired) electrons. The minimum Gasteiger partial charge on any atom is -0.473 e. The average molecular weight is 314 g/mol. The molecule has 2 N–H and O–H groups in total. The van der Waals surface area contributed by atoms with Gasteiger partial charge < -0.3 is 10.5 Å². The van der Waals surface area contributed by atoms with Crippen molar-refractivity contribution in [2.24, 2.45) is 12.8 Å². The second-order valence-electron chi connectivity index (χ2n) is 5.47. The lowest BCUT2D eigenvalue weighted by atomic mass is 9.90. The summed E-state index contributed by atoms with van der Waals surface area (Å²) in [6, 6.07) is 2.14. The number of nitrogens with zero attached hydrogens (tertiary/aromatic N) is 5. The van der Waals surface area contributed by atoms with Crippen molar-refractivity contribution in [1.29, 1.82) is 0 Å². The standard InChI is InChI=1S/C14H16N6O.C2H6/c1-19-7-9(6-17-19)12-8-20-13(2-3-16-20)14(18-12)21-11-4-10(15)5-11;1-2/h2-3,6-8,10-11H,4-5,15H2,1H3;1-2H3. The SMILES string of the molecule is CC.Cn1cc(-c2cn3nccc3c(OC3CC(N)C3)n2)cn1. The molecule has 0 spiro atoms. The van der Waals surface area contributed by atoms with Crippen LogP contribution in [-0.2, 0) is 7.05 Å². The summed E-state index contributed by atoms with van der Waals surface area (Å²) in [6.45, 7) is 4.00. The average Bonchev–Trinajstić information content (AvgIpc) is 3.16. The second kappa shape index (κ2) is 6.37. The minimum atomic E-state index is 0.148. The van der Waals surface area contributed by atoms with Crippen LogP contribution in [0.4, 0.5) is 0 Å². The highest BCUT2D eigenvalue weighted by Gasteiger charge is 2.29. The number of ether oxygens (including phenoxy) is 1. The van der Waals surface area contributed by atoms with Gasteiger partial charge in [-0.3, -0.25) is 4.68 Å².